The number of halogens is 2. The van der Waals surface area contributed by atoms with Crippen molar-refractivity contribution >= 4 is 30.7 Å². The molecule has 0 aromatic heterocycles. The van der Waals surface area contributed by atoms with Gasteiger partial charge in [-0.1, -0.05) is 25.2 Å². The van der Waals surface area contributed by atoms with Gasteiger partial charge in [0.1, 0.15) is 5.82 Å². The van der Waals surface area contributed by atoms with Crippen molar-refractivity contribution in [3.8, 4) is 0 Å². The van der Waals surface area contributed by atoms with Crippen LogP contribution in [0.15, 0.2) is 22.7 Å². The molecule has 0 bridgehead atoms. The average molecular weight is 235 g/mol. The van der Waals surface area contributed by atoms with Gasteiger partial charge in [0, 0.05) is 10.0 Å². The van der Waals surface area contributed by atoms with E-state index in [1.54, 1.807) is 6.07 Å². The van der Waals surface area contributed by atoms with Gasteiger partial charge in [0.2, 0.25) is 0 Å². The predicted octanol–water partition coefficient (Wildman–Crippen LogP) is 2.60. The molecule has 0 spiro atoms. The second-order valence-corrected chi connectivity index (χ2v) is 3.46. The molecule has 0 heterocycles. The number of hydrogen-bond acceptors (Lipinski definition) is 1. The van der Waals surface area contributed by atoms with Gasteiger partial charge in [0.25, 0.3) is 0 Å². The van der Waals surface area contributed by atoms with Crippen LogP contribution in [-0.4, -0.2) is 5.52 Å². The van der Waals surface area contributed by atoms with Crippen molar-refractivity contribution in [2.45, 2.75) is 0 Å². The minimum atomic E-state index is -0.412. The molecule has 0 aliphatic carbocycles. The highest BCUT2D eigenvalue weighted by atomic mass is 79.9. The van der Waals surface area contributed by atoms with E-state index in [0.717, 1.165) is 0 Å². The Morgan fingerprint density at radius 2 is 2.09 bits per heavy atom. The Bertz CT molecular complexity index is 280. The van der Waals surface area contributed by atoms with Crippen LogP contribution in [0.4, 0.5) is 4.39 Å². The van der Waals surface area contributed by atoms with Crippen LogP contribution in [0.5, 0.6) is 0 Å². The first-order valence-electron chi connectivity index (χ1n) is 2.85. The molecule has 1 rings (SSSR count). The summed E-state index contributed by atoms with van der Waals surface area (Å²) in [4.78, 5) is 10.7. The maximum Gasteiger partial charge on any atom is 0.178 e. The lowest BCUT2D eigenvalue weighted by Crippen LogP contribution is -1.88. The second-order valence-electron chi connectivity index (χ2n) is 2.02. The highest BCUT2D eigenvalue weighted by Gasteiger charge is 2.02. The highest BCUT2D eigenvalue weighted by molar-refractivity contribution is 9.10. The molecule has 58 valence electrons. The van der Waals surface area contributed by atoms with Crippen molar-refractivity contribution in [1.82, 2.24) is 0 Å². The summed E-state index contributed by atoms with van der Waals surface area (Å²) in [7, 11) is 1.99. The van der Waals surface area contributed by atoms with Crippen molar-refractivity contribution in [2.24, 2.45) is 0 Å². The molecule has 1 unspecified atom stereocenters. The van der Waals surface area contributed by atoms with Gasteiger partial charge in [-0.15, -0.1) is 0 Å². The first-order chi connectivity index (χ1) is 5.09. The third kappa shape index (κ3) is 2.35. The van der Waals surface area contributed by atoms with Crippen LogP contribution in [0.2, 0.25) is 0 Å². The van der Waals surface area contributed by atoms with Crippen LogP contribution < -0.4 is 0 Å². The SMILES string of the molecule is O=C(P)c1cc(F)cc(Br)c1. The van der Waals surface area contributed by atoms with E-state index >= 15 is 0 Å². The molecule has 0 aliphatic heterocycles. The molecule has 1 nitrogen and oxygen atoms in total. The molecule has 0 fully saturated rings. The van der Waals surface area contributed by atoms with E-state index in [0.29, 0.717) is 10.0 Å². The zero-order valence-electron chi connectivity index (χ0n) is 5.47. The third-order valence-corrected chi connectivity index (χ3v) is 1.94. The quantitative estimate of drug-likeness (QED) is 0.683. The summed E-state index contributed by atoms with van der Waals surface area (Å²) in [5.74, 6) is -0.412. The average Bonchev–Trinajstić information content (AvgIpc) is 1.85. The lowest BCUT2D eigenvalue weighted by molar-refractivity contribution is 0.108. The number of benzene rings is 1. The van der Waals surface area contributed by atoms with Crippen LogP contribution in [-0.2, 0) is 0 Å². The Hall–Kier alpha value is -0.270. The number of hydrogen-bond donors (Lipinski definition) is 0. The van der Waals surface area contributed by atoms with E-state index in [-0.39, 0.29) is 5.52 Å². The lowest BCUT2D eigenvalue weighted by Gasteiger charge is -1.96. The summed E-state index contributed by atoms with van der Waals surface area (Å²) < 4.78 is 13.2. The summed E-state index contributed by atoms with van der Waals surface area (Å²) in [6, 6.07) is 4.07. The Balaban J connectivity index is 3.19. The molecule has 0 saturated carbocycles. The maximum absolute atomic E-state index is 12.6. The van der Waals surface area contributed by atoms with Crippen molar-refractivity contribution in [1.29, 1.82) is 0 Å². The Morgan fingerprint density at radius 3 is 2.55 bits per heavy atom. The van der Waals surface area contributed by atoms with Gasteiger partial charge in [0.15, 0.2) is 5.52 Å². The maximum atomic E-state index is 12.6. The lowest BCUT2D eigenvalue weighted by atomic mass is 10.2. The van der Waals surface area contributed by atoms with E-state index in [4.69, 9.17) is 0 Å². The van der Waals surface area contributed by atoms with Gasteiger partial charge >= 0.3 is 0 Å². The zero-order chi connectivity index (χ0) is 8.43. The van der Waals surface area contributed by atoms with Crippen LogP contribution >= 0.6 is 25.2 Å². The van der Waals surface area contributed by atoms with Crippen molar-refractivity contribution in [3.05, 3.63) is 34.1 Å². The van der Waals surface area contributed by atoms with Crippen molar-refractivity contribution in [2.75, 3.05) is 0 Å². The van der Waals surface area contributed by atoms with Gasteiger partial charge < -0.3 is 0 Å². The van der Waals surface area contributed by atoms with E-state index in [2.05, 4.69) is 15.9 Å². The Labute approximate surface area is 74.3 Å². The fourth-order valence-corrected chi connectivity index (χ4v) is 1.33. The molecule has 0 aliphatic rings. The molecule has 0 amide bonds. The minimum Gasteiger partial charge on any atom is -0.290 e. The van der Waals surface area contributed by atoms with E-state index in [9.17, 15) is 9.18 Å². The highest BCUT2D eigenvalue weighted by Crippen LogP contribution is 2.16. The molecule has 1 aromatic rings. The summed E-state index contributed by atoms with van der Waals surface area (Å²) in [5.41, 5.74) is 0.132. The molecule has 1 atom stereocenters. The second kappa shape index (κ2) is 3.42. The van der Waals surface area contributed by atoms with Gasteiger partial charge in [-0.05, 0) is 18.2 Å². The monoisotopic (exact) mass is 234 g/mol. The summed E-state index contributed by atoms with van der Waals surface area (Å²) in [6.07, 6.45) is 0. The van der Waals surface area contributed by atoms with Gasteiger partial charge in [-0.25, -0.2) is 4.39 Å². The van der Waals surface area contributed by atoms with Crippen LogP contribution in [0.1, 0.15) is 10.4 Å². The predicted molar refractivity (Wildman–Crippen MR) is 48.1 cm³/mol. The van der Waals surface area contributed by atoms with Crippen molar-refractivity contribution in [3.63, 3.8) is 0 Å². The molecule has 0 radical (unpaired) electrons. The Kier molecular flexibility index (Phi) is 2.74. The van der Waals surface area contributed by atoms with Gasteiger partial charge in [-0.2, -0.15) is 0 Å². The Morgan fingerprint density at radius 1 is 1.45 bits per heavy atom. The fraction of sp³-hybridized carbons (Fsp3) is 0. The van der Waals surface area contributed by atoms with Crippen LogP contribution in [0.25, 0.3) is 0 Å². The third-order valence-electron chi connectivity index (χ3n) is 1.15. The largest absolute Gasteiger partial charge is 0.290 e. The number of carbonyl (C=O) groups excluding carboxylic acids is 1. The van der Waals surface area contributed by atoms with Crippen molar-refractivity contribution < 1.29 is 9.18 Å². The summed E-state index contributed by atoms with van der Waals surface area (Å²) in [6.45, 7) is 0. The smallest absolute Gasteiger partial charge is 0.178 e. The van der Waals surface area contributed by atoms with E-state index < -0.39 is 5.82 Å². The number of carbonyl (C=O) groups is 1. The normalized spacial score (nSPS) is 9.73. The summed E-state index contributed by atoms with van der Waals surface area (Å²) in [5, 5.41) is 0. The molecular formula is C7H5BrFOP. The fourth-order valence-electron chi connectivity index (χ4n) is 0.696. The molecule has 1 aromatic carbocycles. The van der Waals surface area contributed by atoms with E-state index in [1.165, 1.54) is 12.1 Å². The molecule has 0 N–H and O–H groups in total. The first-order valence-corrected chi connectivity index (χ1v) is 4.22. The molecule has 0 saturated heterocycles. The molecule has 11 heavy (non-hydrogen) atoms. The first kappa shape index (κ1) is 8.82. The molecule has 4 heteroatoms. The zero-order valence-corrected chi connectivity index (χ0v) is 8.21. The topological polar surface area (TPSA) is 17.1 Å². The van der Waals surface area contributed by atoms with Crippen LogP contribution in [0, 0.1) is 5.82 Å². The van der Waals surface area contributed by atoms with E-state index in [1.807, 2.05) is 9.24 Å². The summed E-state index contributed by atoms with van der Waals surface area (Å²) >= 11 is 3.08. The van der Waals surface area contributed by atoms with Gasteiger partial charge in [0.05, 0.1) is 0 Å². The van der Waals surface area contributed by atoms with Gasteiger partial charge in [-0.3, -0.25) is 4.79 Å². The minimum absolute atomic E-state index is 0.217. The number of rotatable bonds is 1. The standard InChI is InChI=1S/C7H5BrFOP/c8-5-1-4(7(10)11)2-6(9)3-5/h1-3H,11H2. The molecular weight excluding hydrogens is 230 g/mol. The van der Waals surface area contributed by atoms with Crippen LogP contribution in [0.3, 0.4) is 0 Å².